The Bertz CT molecular complexity index is 532. The van der Waals surface area contributed by atoms with Crippen LogP contribution < -0.4 is 0 Å². The predicted octanol–water partition coefficient (Wildman–Crippen LogP) is 4.92. The van der Waals surface area contributed by atoms with E-state index in [4.69, 9.17) is 0 Å². The number of unbranched alkanes of at least 4 members (excludes halogenated alkanes) is 2. The number of benzene rings is 1. The zero-order chi connectivity index (χ0) is 17.4. The standard InChI is InChI=1S/C20H29FO2/c1-14(2)19(22)9-7-5-6-8-16-10-17(12-18(21)11-16)13-20(23)15(3)4/h10-12,14-15H,5-9,13H2,1-4H3. The molecule has 23 heavy (non-hydrogen) atoms. The van der Waals surface area contributed by atoms with Crippen LogP contribution in [0.25, 0.3) is 0 Å². The van der Waals surface area contributed by atoms with Crippen LogP contribution >= 0.6 is 0 Å². The highest BCUT2D eigenvalue weighted by Crippen LogP contribution is 2.15. The smallest absolute Gasteiger partial charge is 0.139 e. The van der Waals surface area contributed by atoms with E-state index in [9.17, 15) is 14.0 Å². The number of hydrogen-bond acceptors (Lipinski definition) is 2. The lowest BCUT2D eigenvalue weighted by Crippen LogP contribution is -2.10. The molecule has 0 bridgehead atoms. The summed E-state index contributed by atoms with van der Waals surface area (Å²) in [5.74, 6) is 0.252. The zero-order valence-electron chi connectivity index (χ0n) is 14.8. The topological polar surface area (TPSA) is 34.1 Å². The van der Waals surface area contributed by atoms with Gasteiger partial charge in [0.2, 0.25) is 0 Å². The molecule has 0 heterocycles. The van der Waals surface area contributed by atoms with Crippen LogP contribution in [0.5, 0.6) is 0 Å². The molecule has 2 nitrogen and oxygen atoms in total. The molecule has 1 aromatic carbocycles. The van der Waals surface area contributed by atoms with Crippen LogP contribution in [-0.4, -0.2) is 11.6 Å². The highest BCUT2D eigenvalue weighted by Gasteiger charge is 2.10. The van der Waals surface area contributed by atoms with E-state index in [2.05, 4.69) is 0 Å². The summed E-state index contributed by atoms with van der Waals surface area (Å²) in [6.45, 7) is 7.58. The molecule has 0 saturated heterocycles. The first-order valence-electron chi connectivity index (χ1n) is 8.63. The number of carbonyl (C=O) groups is 2. The highest BCUT2D eigenvalue weighted by molar-refractivity contribution is 5.82. The lowest BCUT2D eigenvalue weighted by atomic mass is 9.97. The van der Waals surface area contributed by atoms with Gasteiger partial charge in [0, 0.05) is 24.7 Å². The van der Waals surface area contributed by atoms with Crippen molar-refractivity contribution < 1.29 is 14.0 Å². The van der Waals surface area contributed by atoms with E-state index in [1.165, 1.54) is 6.07 Å². The number of rotatable bonds is 10. The summed E-state index contributed by atoms with van der Waals surface area (Å²) in [5.41, 5.74) is 1.69. The van der Waals surface area contributed by atoms with Gasteiger partial charge in [-0.15, -0.1) is 0 Å². The van der Waals surface area contributed by atoms with Gasteiger partial charge in [0.05, 0.1) is 0 Å². The third-order valence-electron chi connectivity index (χ3n) is 4.07. The second-order valence-corrected chi connectivity index (χ2v) is 6.95. The van der Waals surface area contributed by atoms with Crippen LogP contribution in [0.3, 0.4) is 0 Å². The van der Waals surface area contributed by atoms with Crippen molar-refractivity contribution in [1.82, 2.24) is 0 Å². The molecule has 0 amide bonds. The van der Waals surface area contributed by atoms with Crippen molar-refractivity contribution in [2.75, 3.05) is 0 Å². The normalized spacial score (nSPS) is 11.3. The van der Waals surface area contributed by atoms with Gasteiger partial charge in [-0.3, -0.25) is 9.59 Å². The second kappa shape index (κ2) is 9.59. The molecule has 0 radical (unpaired) electrons. The minimum absolute atomic E-state index is 0.0276. The predicted molar refractivity (Wildman–Crippen MR) is 92.0 cm³/mol. The maximum absolute atomic E-state index is 13.7. The Labute approximate surface area is 139 Å². The number of hydrogen-bond donors (Lipinski definition) is 0. The maximum Gasteiger partial charge on any atom is 0.139 e. The Morgan fingerprint density at radius 1 is 0.870 bits per heavy atom. The number of Topliss-reactive ketones (excluding diaryl/α,β-unsaturated/α-hetero) is 2. The second-order valence-electron chi connectivity index (χ2n) is 6.95. The minimum Gasteiger partial charge on any atom is -0.299 e. The SMILES string of the molecule is CC(C)C(=O)CCCCCc1cc(F)cc(CC(=O)C(C)C)c1. The first kappa shape index (κ1) is 19.5. The average molecular weight is 320 g/mol. The van der Waals surface area contributed by atoms with E-state index in [1.54, 1.807) is 6.07 Å². The van der Waals surface area contributed by atoms with Gasteiger partial charge in [-0.1, -0.05) is 40.2 Å². The van der Waals surface area contributed by atoms with Crippen molar-refractivity contribution in [2.24, 2.45) is 11.8 Å². The Kier molecular flexibility index (Phi) is 8.15. The molecular weight excluding hydrogens is 291 g/mol. The van der Waals surface area contributed by atoms with Crippen LogP contribution in [-0.2, 0) is 22.4 Å². The van der Waals surface area contributed by atoms with Crippen LogP contribution in [0.2, 0.25) is 0 Å². The van der Waals surface area contributed by atoms with Gasteiger partial charge < -0.3 is 0 Å². The lowest BCUT2D eigenvalue weighted by Gasteiger charge is -2.08. The third kappa shape index (κ3) is 7.54. The molecule has 128 valence electrons. The summed E-state index contributed by atoms with van der Waals surface area (Å²) in [6.07, 6.45) is 4.52. The van der Waals surface area contributed by atoms with E-state index in [1.807, 2.05) is 33.8 Å². The van der Waals surface area contributed by atoms with Crippen molar-refractivity contribution in [2.45, 2.75) is 66.2 Å². The lowest BCUT2D eigenvalue weighted by molar-refractivity contribution is -0.122. The highest BCUT2D eigenvalue weighted by atomic mass is 19.1. The fraction of sp³-hybridized carbons (Fsp3) is 0.600. The first-order chi connectivity index (χ1) is 10.8. The van der Waals surface area contributed by atoms with Gasteiger partial charge in [-0.2, -0.15) is 0 Å². The third-order valence-corrected chi connectivity index (χ3v) is 4.07. The van der Waals surface area contributed by atoms with Crippen LogP contribution in [0.15, 0.2) is 18.2 Å². The number of ketones is 2. The van der Waals surface area contributed by atoms with Gasteiger partial charge in [0.25, 0.3) is 0 Å². The average Bonchev–Trinajstić information content (AvgIpc) is 2.45. The molecule has 0 aromatic heterocycles. The Hall–Kier alpha value is -1.51. The van der Waals surface area contributed by atoms with E-state index in [-0.39, 0.29) is 23.4 Å². The van der Waals surface area contributed by atoms with Gasteiger partial charge in [-0.05, 0) is 42.5 Å². The molecule has 0 aliphatic carbocycles. The minimum atomic E-state index is -0.274. The molecule has 0 spiro atoms. The molecule has 0 aliphatic rings. The molecule has 0 saturated carbocycles. The van der Waals surface area contributed by atoms with Gasteiger partial charge in [-0.25, -0.2) is 4.39 Å². The number of carbonyl (C=O) groups excluding carboxylic acids is 2. The molecule has 1 aromatic rings. The summed E-state index contributed by atoms with van der Waals surface area (Å²) in [4.78, 5) is 23.3. The quantitative estimate of drug-likeness (QED) is 0.573. The van der Waals surface area contributed by atoms with Crippen molar-refractivity contribution >= 4 is 11.6 Å². The van der Waals surface area contributed by atoms with Crippen molar-refractivity contribution in [3.8, 4) is 0 Å². The Balaban J connectivity index is 2.46. The number of halogens is 1. The molecular formula is C20H29FO2. The van der Waals surface area contributed by atoms with Crippen LogP contribution in [0, 0.1) is 17.7 Å². The van der Waals surface area contributed by atoms with E-state index in [0.717, 1.165) is 36.8 Å². The zero-order valence-corrected chi connectivity index (χ0v) is 14.8. The van der Waals surface area contributed by atoms with E-state index < -0.39 is 0 Å². The fourth-order valence-electron chi connectivity index (χ4n) is 2.46. The molecule has 0 fully saturated rings. The summed E-state index contributed by atoms with van der Waals surface area (Å²) in [7, 11) is 0. The molecule has 0 unspecified atom stereocenters. The van der Waals surface area contributed by atoms with Crippen molar-refractivity contribution in [3.63, 3.8) is 0 Å². The molecule has 0 N–H and O–H groups in total. The van der Waals surface area contributed by atoms with E-state index >= 15 is 0 Å². The van der Waals surface area contributed by atoms with Crippen molar-refractivity contribution in [3.05, 3.63) is 35.1 Å². The van der Waals surface area contributed by atoms with Gasteiger partial charge >= 0.3 is 0 Å². The van der Waals surface area contributed by atoms with Crippen LogP contribution in [0.4, 0.5) is 4.39 Å². The molecule has 1 rings (SSSR count). The monoisotopic (exact) mass is 320 g/mol. The Morgan fingerprint density at radius 2 is 1.48 bits per heavy atom. The largest absolute Gasteiger partial charge is 0.299 e. The molecule has 0 atom stereocenters. The van der Waals surface area contributed by atoms with Crippen LogP contribution in [0.1, 0.15) is 64.5 Å². The molecule has 0 aliphatic heterocycles. The Morgan fingerprint density at radius 3 is 2.09 bits per heavy atom. The number of aryl methyl sites for hydroxylation is 1. The first-order valence-corrected chi connectivity index (χ1v) is 8.63. The van der Waals surface area contributed by atoms with E-state index in [0.29, 0.717) is 18.6 Å². The van der Waals surface area contributed by atoms with Gasteiger partial charge in [0.15, 0.2) is 0 Å². The summed E-state index contributed by atoms with van der Waals surface area (Å²) in [5, 5.41) is 0. The fourth-order valence-corrected chi connectivity index (χ4v) is 2.46. The molecule has 3 heteroatoms. The summed E-state index contributed by atoms with van der Waals surface area (Å²) < 4.78 is 13.7. The van der Waals surface area contributed by atoms with Gasteiger partial charge in [0.1, 0.15) is 17.4 Å². The maximum atomic E-state index is 13.7. The van der Waals surface area contributed by atoms with Crippen molar-refractivity contribution in [1.29, 1.82) is 0 Å². The summed E-state index contributed by atoms with van der Waals surface area (Å²) >= 11 is 0. The summed E-state index contributed by atoms with van der Waals surface area (Å²) in [6, 6.07) is 4.93.